The summed E-state index contributed by atoms with van der Waals surface area (Å²) in [5.41, 5.74) is 3.39. The van der Waals surface area contributed by atoms with Crippen LogP contribution in [-0.4, -0.2) is 19.0 Å². The van der Waals surface area contributed by atoms with Gasteiger partial charge in [0, 0.05) is 7.05 Å². The number of hydrogen-bond acceptors (Lipinski definition) is 2. The minimum Gasteiger partial charge on any atom is -0.372 e. The summed E-state index contributed by atoms with van der Waals surface area (Å²) in [6, 6.07) is 6.06. The average Bonchev–Trinajstić information content (AvgIpc) is 2.32. The minimum absolute atomic E-state index is 0.0904. The number of nitrogens with one attached hydrogen (secondary N) is 1. The molecule has 0 aromatic heterocycles. The fourth-order valence-electron chi connectivity index (χ4n) is 2.34. The monoisotopic (exact) mass is 232 g/mol. The van der Waals surface area contributed by atoms with E-state index in [1.807, 2.05) is 26.1 Å². The Morgan fingerprint density at radius 1 is 1.41 bits per heavy atom. The first kappa shape index (κ1) is 12.0. The third-order valence-electron chi connectivity index (χ3n) is 3.41. The number of amides is 1. The molecule has 1 unspecified atom stereocenters. The summed E-state index contributed by atoms with van der Waals surface area (Å²) in [5, 5.41) is 3.39. The van der Waals surface area contributed by atoms with Gasteiger partial charge in [-0.15, -0.1) is 0 Å². The minimum atomic E-state index is -0.0904. The van der Waals surface area contributed by atoms with E-state index in [4.69, 9.17) is 0 Å². The van der Waals surface area contributed by atoms with Crippen molar-refractivity contribution >= 4 is 17.3 Å². The van der Waals surface area contributed by atoms with E-state index < -0.39 is 0 Å². The number of fused-ring (bicyclic) bond motifs is 1. The van der Waals surface area contributed by atoms with Crippen LogP contribution in [0.1, 0.15) is 38.7 Å². The Labute approximate surface area is 103 Å². The predicted molar refractivity (Wildman–Crippen MR) is 71.6 cm³/mol. The Morgan fingerprint density at radius 2 is 2.12 bits per heavy atom. The summed E-state index contributed by atoms with van der Waals surface area (Å²) in [6.07, 6.45) is 0.815. The molecule has 1 aliphatic heterocycles. The molecule has 0 aliphatic carbocycles. The third kappa shape index (κ3) is 1.90. The lowest BCUT2D eigenvalue weighted by molar-refractivity contribution is -0.119. The van der Waals surface area contributed by atoms with Gasteiger partial charge in [-0.2, -0.15) is 0 Å². The first-order valence-corrected chi connectivity index (χ1v) is 6.23. The molecule has 0 radical (unpaired) electrons. The molecule has 1 atom stereocenters. The zero-order chi connectivity index (χ0) is 12.6. The summed E-state index contributed by atoms with van der Waals surface area (Å²) < 4.78 is 0. The van der Waals surface area contributed by atoms with E-state index in [9.17, 15) is 4.79 Å². The molecule has 17 heavy (non-hydrogen) atoms. The smallest absolute Gasteiger partial charge is 0.249 e. The van der Waals surface area contributed by atoms with Crippen molar-refractivity contribution < 1.29 is 4.79 Å². The molecule has 3 heteroatoms. The van der Waals surface area contributed by atoms with Crippen LogP contribution in [0.3, 0.4) is 0 Å². The van der Waals surface area contributed by atoms with Gasteiger partial charge in [0.25, 0.3) is 0 Å². The number of anilines is 2. The Morgan fingerprint density at radius 3 is 2.71 bits per heavy atom. The molecule has 0 saturated heterocycles. The fraction of sp³-hybridized carbons (Fsp3) is 0.500. The van der Waals surface area contributed by atoms with E-state index in [0.29, 0.717) is 5.92 Å². The normalized spacial score (nSPS) is 19.2. The lowest BCUT2D eigenvalue weighted by Crippen LogP contribution is -2.45. The summed E-state index contributed by atoms with van der Waals surface area (Å²) in [5.74, 6) is 0.609. The van der Waals surface area contributed by atoms with Gasteiger partial charge in [0.15, 0.2) is 0 Å². The van der Waals surface area contributed by atoms with Crippen LogP contribution in [0, 0.1) is 0 Å². The topological polar surface area (TPSA) is 32.3 Å². The van der Waals surface area contributed by atoms with Crippen molar-refractivity contribution in [3.8, 4) is 0 Å². The van der Waals surface area contributed by atoms with Crippen LogP contribution in [0.25, 0.3) is 0 Å². The highest BCUT2D eigenvalue weighted by molar-refractivity contribution is 6.05. The molecule has 0 bridgehead atoms. The molecule has 1 aliphatic rings. The number of nitrogens with zero attached hydrogens (tertiary/aromatic N) is 1. The highest BCUT2D eigenvalue weighted by atomic mass is 16.2. The van der Waals surface area contributed by atoms with Gasteiger partial charge < -0.3 is 10.2 Å². The van der Waals surface area contributed by atoms with Crippen LogP contribution < -0.4 is 10.2 Å². The maximum atomic E-state index is 12.1. The summed E-state index contributed by atoms with van der Waals surface area (Å²) in [4.78, 5) is 13.8. The van der Waals surface area contributed by atoms with Crippen LogP contribution in [-0.2, 0) is 4.79 Å². The van der Waals surface area contributed by atoms with Crippen LogP contribution >= 0.6 is 0 Å². The van der Waals surface area contributed by atoms with Gasteiger partial charge in [0.2, 0.25) is 5.91 Å². The molecule has 0 fully saturated rings. The zero-order valence-corrected chi connectivity index (χ0v) is 10.9. The van der Waals surface area contributed by atoms with Crippen molar-refractivity contribution in [2.45, 2.75) is 39.2 Å². The van der Waals surface area contributed by atoms with Crippen LogP contribution in [0.15, 0.2) is 18.2 Å². The standard InChI is InChI=1S/C14H20N2O/c1-5-11-14(17)16(4)12-8-6-7-10(9(2)3)13(12)15-11/h6-9,11,15H,5H2,1-4H3. The third-order valence-corrected chi connectivity index (χ3v) is 3.41. The zero-order valence-electron chi connectivity index (χ0n) is 10.9. The van der Waals surface area contributed by atoms with E-state index in [0.717, 1.165) is 17.8 Å². The van der Waals surface area contributed by atoms with E-state index in [2.05, 4.69) is 25.2 Å². The van der Waals surface area contributed by atoms with Crippen molar-refractivity contribution in [1.29, 1.82) is 0 Å². The Balaban J connectivity index is 2.52. The van der Waals surface area contributed by atoms with Crippen LogP contribution in [0.2, 0.25) is 0 Å². The quantitative estimate of drug-likeness (QED) is 0.850. The molecule has 2 rings (SSSR count). The molecule has 0 saturated carbocycles. The average molecular weight is 232 g/mol. The second-order valence-corrected chi connectivity index (χ2v) is 4.90. The number of carbonyl (C=O) groups excluding carboxylic acids is 1. The van der Waals surface area contributed by atoms with Crippen molar-refractivity contribution in [2.75, 3.05) is 17.3 Å². The van der Waals surface area contributed by atoms with Crippen LogP contribution in [0.5, 0.6) is 0 Å². The van der Waals surface area contributed by atoms with Crippen molar-refractivity contribution in [3.05, 3.63) is 23.8 Å². The van der Waals surface area contributed by atoms with Gasteiger partial charge in [0.05, 0.1) is 11.4 Å². The number of likely N-dealkylation sites (N-methyl/N-ethyl adjacent to an activating group) is 1. The molecule has 3 nitrogen and oxygen atoms in total. The van der Waals surface area contributed by atoms with E-state index in [1.54, 1.807) is 4.90 Å². The molecule has 0 spiro atoms. The van der Waals surface area contributed by atoms with Gasteiger partial charge in [-0.1, -0.05) is 32.9 Å². The lowest BCUT2D eigenvalue weighted by Gasteiger charge is -2.34. The van der Waals surface area contributed by atoms with Gasteiger partial charge >= 0.3 is 0 Å². The molecular weight excluding hydrogens is 212 g/mol. The van der Waals surface area contributed by atoms with E-state index in [-0.39, 0.29) is 11.9 Å². The second kappa shape index (κ2) is 4.40. The summed E-state index contributed by atoms with van der Waals surface area (Å²) >= 11 is 0. The maximum Gasteiger partial charge on any atom is 0.249 e. The molecule has 1 aromatic carbocycles. The fourth-order valence-corrected chi connectivity index (χ4v) is 2.34. The number of para-hydroxylation sites is 1. The molecular formula is C14H20N2O. The molecule has 1 heterocycles. The van der Waals surface area contributed by atoms with Crippen LogP contribution in [0.4, 0.5) is 11.4 Å². The number of carbonyl (C=O) groups is 1. The first-order chi connectivity index (χ1) is 8.06. The van der Waals surface area contributed by atoms with Crippen molar-refractivity contribution in [2.24, 2.45) is 0 Å². The highest BCUT2D eigenvalue weighted by Gasteiger charge is 2.30. The molecule has 92 valence electrons. The van der Waals surface area contributed by atoms with Gasteiger partial charge in [-0.3, -0.25) is 4.79 Å². The van der Waals surface area contributed by atoms with E-state index in [1.165, 1.54) is 5.56 Å². The SMILES string of the molecule is CCC1Nc2c(C(C)C)cccc2N(C)C1=O. The number of hydrogen-bond donors (Lipinski definition) is 1. The van der Waals surface area contributed by atoms with Gasteiger partial charge in [-0.05, 0) is 24.0 Å². The van der Waals surface area contributed by atoms with Crippen molar-refractivity contribution in [3.63, 3.8) is 0 Å². The number of rotatable bonds is 2. The molecule has 1 N–H and O–H groups in total. The number of benzene rings is 1. The lowest BCUT2D eigenvalue weighted by atomic mass is 9.96. The van der Waals surface area contributed by atoms with Gasteiger partial charge in [0.1, 0.15) is 6.04 Å². The summed E-state index contributed by atoms with van der Waals surface area (Å²) in [7, 11) is 1.86. The molecule has 1 aromatic rings. The molecule has 1 amide bonds. The summed E-state index contributed by atoms with van der Waals surface area (Å²) in [6.45, 7) is 6.38. The maximum absolute atomic E-state index is 12.1. The second-order valence-electron chi connectivity index (χ2n) is 4.90. The predicted octanol–water partition coefficient (Wildman–Crippen LogP) is 2.98. The largest absolute Gasteiger partial charge is 0.372 e. The van der Waals surface area contributed by atoms with Gasteiger partial charge in [-0.25, -0.2) is 0 Å². The first-order valence-electron chi connectivity index (χ1n) is 6.23. The Bertz CT molecular complexity index is 440. The Kier molecular flexibility index (Phi) is 3.09. The highest BCUT2D eigenvalue weighted by Crippen LogP contribution is 2.37. The van der Waals surface area contributed by atoms with E-state index >= 15 is 0 Å². The van der Waals surface area contributed by atoms with Crippen molar-refractivity contribution in [1.82, 2.24) is 0 Å². The Hall–Kier alpha value is -1.51.